The third kappa shape index (κ3) is 3.20. The summed E-state index contributed by atoms with van der Waals surface area (Å²) in [5.74, 6) is -1.78. The molecule has 0 aliphatic carbocycles. The minimum atomic E-state index is -2.55. The van der Waals surface area contributed by atoms with Crippen LogP contribution in [0.5, 0.6) is 5.75 Å². The molecule has 1 aromatic rings. The Bertz CT molecular complexity index is 425. The van der Waals surface area contributed by atoms with Gasteiger partial charge in [-0.05, 0) is 19.1 Å². The fourth-order valence-electron chi connectivity index (χ4n) is 2.15. The maximum atomic E-state index is 13.2. The van der Waals surface area contributed by atoms with E-state index in [4.69, 9.17) is 4.74 Å². The van der Waals surface area contributed by atoms with Crippen molar-refractivity contribution in [2.24, 2.45) is 0 Å². The molecule has 0 aromatic heterocycles. The van der Waals surface area contributed by atoms with Gasteiger partial charge in [0.25, 0.3) is 5.92 Å². The van der Waals surface area contributed by atoms with Gasteiger partial charge in [-0.25, -0.2) is 8.78 Å². The molecule has 0 N–H and O–H groups in total. The second-order valence-corrected chi connectivity index (χ2v) is 5.32. The quantitative estimate of drug-likeness (QED) is 0.839. The Balaban J connectivity index is 2.13. The Kier molecular flexibility index (Phi) is 4.22. The topological polar surface area (TPSA) is 12.5 Å². The van der Waals surface area contributed by atoms with Crippen LogP contribution in [0.3, 0.4) is 0 Å². The molecule has 0 bridgehead atoms. The van der Waals surface area contributed by atoms with Crippen LogP contribution in [-0.2, 0) is 6.54 Å². The predicted octanol–water partition coefficient (Wildman–Crippen LogP) is 3.69. The number of nitrogens with zero attached hydrogens (tertiary/aromatic N) is 1. The van der Waals surface area contributed by atoms with Gasteiger partial charge in [-0.15, -0.1) is 0 Å². The lowest BCUT2D eigenvalue weighted by atomic mass is 10.2. The van der Waals surface area contributed by atoms with Gasteiger partial charge in [-0.2, -0.15) is 0 Å². The molecule has 0 atom stereocenters. The van der Waals surface area contributed by atoms with Crippen molar-refractivity contribution < 1.29 is 13.5 Å². The summed E-state index contributed by atoms with van der Waals surface area (Å²) in [5.41, 5.74) is 0.942. The number of rotatable bonds is 4. The smallest absolute Gasteiger partial charge is 0.261 e. The van der Waals surface area contributed by atoms with Crippen molar-refractivity contribution in [1.82, 2.24) is 4.90 Å². The number of hydrogen-bond donors (Lipinski definition) is 0. The fraction of sp³-hybridized carbons (Fsp3) is 0.538. The molecule has 0 amide bonds. The maximum Gasteiger partial charge on any atom is 0.261 e. The van der Waals surface area contributed by atoms with Crippen molar-refractivity contribution in [3.8, 4) is 5.75 Å². The highest BCUT2D eigenvalue weighted by Gasteiger charge is 2.38. The summed E-state index contributed by atoms with van der Waals surface area (Å²) in [6, 6.07) is 5.67. The summed E-state index contributed by atoms with van der Waals surface area (Å²) in [7, 11) is 0. The lowest BCUT2D eigenvalue weighted by Crippen LogP contribution is -2.25. The molecule has 1 saturated heterocycles. The van der Waals surface area contributed by atoms with E-state index in [1.165, 1.54) is 0 Å². The van der Waals surface area contributed by atoms with E-state index in [9.17, 15) is 8.78 Å². The largest absolute Gasteiger partial charge is 0.494 e. The number of halogens is 3. The molecule has 0 spiro atoms. The third-order valence-corrected chi connectivity index (χ3v) is 3.75. The van der Waals surface area contributed by atoms with Gasteiger partial charge < -0.3 is 4.74 Å². The molecule has 0 unspecified atom stereocenters. The molecule has 100 valence electrons. The van der Waals surface area contributed by atoms with Crippen LogP contribution in [0.1, 0.15) is 18.9 Å². The Labute approximate surface area is 114 Å². The Hall–Kier alpha value is -0.680. The third-order valence-electron chi connectivity index (χ3n) is 3.01. The van der Waals surface area contributed by atoms with Crippen molar-refractivity contribution in [3.05, 3.63) is 28.2 Å². The molecular formula is C13H16BrF2NO. The predicted molar refractivity (Wildman–Crippen MR) is 70.2 cm³/mol. The summed E-state index contributed by atoms with van der Waals surface area (Å²) in [6.45, 7) is 3.24. The van der Waals surface area contributed by atoms with E-state index in [0.717, 1.165) is 15.8 Å². The van der Waals surface area contributed by atoms with Gasteiger partial charge in [0.1, 0.15) is 5.75 Å². The second kappa shape index (κ2) is 5.53. The first-order chi connectivity index (χ1) is 8.52. The number of ether oxygens (including phenoxy) is 1. The molecule has 0 saturated carbocycles. The Morgan fingerprint density at radius 2 is 2.22 bits per heavy atom. The monoisotopic (exact) mass is 319 g/mol. The zero-order valence-corrected chi connectivity index (χ0v) is 11.8. The van der Waals surface area contributed by atoms with Crippen LogP contribution >= 0.6 is 15.9 Å². The van der Waals surface area contributed by atoms with Crippen molar-refractivity contribution in [2.45, 2.75) is 25.8 Å². The number of hydrogen-bond acceptors (Lipinski definition) is 2. The van der Waals surface area contributed by atoms with E-state index >= 15 is 0 Å². The van der Waals surface area contributed by atoms with Crippen molar-refractivity contribution in [2.75, 3.05) is 19.7 Å². The molecule has 2 rings (SSSR count). The number of benzene rings is 1. The van der Waals surface area contributed by atoms with Crippen LogP contribution in [0.25, 0.3) is 0 Å². The first kappa shape index (κ1) is 13.7. The Morgan fingerprint density at radius 1 is 1.44 bits per heavy atom. The van der Waals surface area contributed by atoms with E-state index in [2.05, 4.69) is 15.9 Å². The number of likely N-dealkylation sites (tertiary alicyclic amines) is 1. The molecule has 0 radical (unpaired) electrons. The van der Waals surface area contributed by atoms with E-state index in [0.29, 0.717) is 19.7 Å². The second-order valence-electron chi connectivity index (χ2n) is 4.47. The highest BCUT2D eigenvalue weighted by atomic mass is 79.9. The van der Waals surface area contributed by atoms with Gasteiger partial charge in [0, 0.05) is 29.5 Å². The average molecular weight is 320 g/mol. The van der Waals surface area contributed by atoms with E-state index < -0.39 is 5.92 Å². The van der Waals surface area contributed by atoms with E-state index in [-0.39, 0.29) is 13.0 Å². The van der Waals surface area contributed by atoms with Gasteiger partial charge in [0.05, 0.1) is 13.2 Å². The Morgan fingerprint density at radius 3 is 2.83 bits per heavy atom. The molecule has 2 nitrogen and oxygen atoms in total. The average Bonchev–Trinajstić information content (AvgIpc) is 2.63. The van der Waals surface area contributed by atoms with E-state index in [1.807, 2.05) is 25.1 Å². The minimum Gasteiger partial charge on any atom is -0.494 e. The maximum absolute atomic E-state index is 13.2. The normalized spacial score (nSPS) is 19.1. The highest BCUT2D eigenvalue weighted by molar-refractivity contribution is 9.10. The number of alkyl halides is 2. The molecular weight excluding hydrogens is 304 g/mol. The van der Waals surface area contributed by atoms with Crippen molar-refractivity contribution in [1.29, 1.82) is 0 Å². The summed E-state index contributed by atoms with van der Waals surface area (Å²) in [5, 5.41) is 0. The van der Waals surface area contributed by atoms with Gasteiger partial charge in [-0.3, -0.25) is 4.90 Å². The van der Waals surface area contributed by atoms with Crippen molar-refractivity contribution >= 4 is 15.9 Å². The van der Waals surface area contributed by atoms with Crippen LogP contribution in [0.4, 0.5) is 8.78 Å². The zero-order valence-electron chi connectivity index (χ0n) is 10.3. The van der Waals surface area contributed by atoms with Gasteiger partial charge >= 0.3 is 0 Å². The van der Waals surface area contributed by atoms with Crippen LogP contribution in [0.2, 0.25) is 0 Å². The summed E-state index contributed by atoms with van der Waals surface area (Å²) in [4.78, 5) is 1.77. The fourth-order valence-corrected chi connectivity index (χ4v) is 2.62. The molecule has 5 heteroatoms. The molecule has 1 heterocycles. The highest BCUT2D eigenvalue weighted by Crippen LogP contribution is 2.32. The molecule has 1 aromatic carbocycles. The van der Waals surface area contributed by atoms with Crippen LogP contribution in [0, 0.1) is 0 Å². The molecule has 1 aliphatic rings. The minimum absolute atomic E-state index is 0.0541. The summed E-state index contributed by atoms with van der Waals surface area (Å²) in [6.07, 6.45) is -0.0541. The SMILES string of the molecule is CCOc1cccc(Br)c1CN1CCC(F)(F)C1. The summed E-state index contributed by atoms with van der Waals surface area (Å²) < 4.78 is 32.8. The first-order valence-corrected chi connectivity index (χ1v) is 6.81. The molecule has 1 fully saturated rings. The molecule has 1 aliphatic heterocycles. The zero-order chi connectivity index (χ0) is 13.2. The van der Waals surface area contributed by atoms with Crippen LogP contribution < -0.4 is 4.74 Å². The lowest BCUT2D eigenvalue weighted by molar-refractivity contribution is 0.0114. The lowest BCUT2D eigenvalue weighted by Gasteiger charge is -2.19. The first-order valence-electron chi connectivity index (χ1n) is 6.02. The summed E-state index contributed by atoms with van der Waals surface area (Å²) >= 11 is 3.46. The standard InChI is InChI=1S/C13H16BrF2NO/c1-2-18-12-5-3-4-11(14)10(12)8-17-7-6-13(15,16)9-17/h3-5H,2,6-9H2,1H3. The van der Waals surface area contributed by atoms with Crippen LogP contribution in [0.15, 0.2) is 22.7 Å². The van der Waals surface area contributed by atoms with Gasteiger partial charge in [-0.1, -0.05) is 22.0 Å². The van der Waals surface area contributed by atoms with E-state index in [1.54, 1.807) is 4.90 Å². The molecule has 18 heavy (non-hydrogen) atoms. The van der Waals surface area contributed by atoms with Gasteiger partial charge in [0.15, 0.2) is 0 Å². The van der Waals surface area contributed by atoms with Crippen LogP contribution in [-0.4, -0.2) is 30.5 Å². The van der Waals surface area contributed by atoms with Gasteiger partial charge in [0.2, 0.25) is 0 Å². The van der Waals surface area contributed by atoms with Crippen molar-refractivity contribution in [3.63, 3.8) is 0 Å².